The van der Waals surface area contributed by atoms with Crippen molar-refractivity contribution in [3.05, 3.63) is 71.5 Å². The second-order valence-electron chi connectivity index (χ2n) is 17.6. The summed E-state index contributed by atoms with van der Waals surface area (Å²) in [4.78, 5) is 36.2. The molecule has 66 heavy (non-hydrogen) atoms. The van der Waals surface area contributed by atoms with E-state index >= 15 is 0 Å². The predicted molar refractivity (Wildman–Crippen MR) is 245 cm³/mol. The summed E-state index contributed by atoms with van der Waals surface area (Å²) in [5.74, 6) is -2.85. The van der Waals surface area contributed by atoms with E-state index in [2.05, 4.69) is 103 Å². The molecule has 0 radical (unpaired) electrons. The summed E-state index contributed by atoms with van der Waals surface area (Å²) in [6.45, 7) is 14.9. The van der Waals surface area contributed by atoms with Crippen LogP contribution >= 0.6 is 24.7 Å². The summed E-state index contributed by atoms with van der Waals surface area (Å²) in [7, 11) is -0.117. The van der Waals surface area contributed by atoms with Gasteiger partial charge in [0.25, 0.3) is 10.1 Å². The van der Waals surface area contributed by atoms with Gasteiger partial charge >= 0.3 is 6.18 Å². The summed E-state index contributed by atoms with van der Waals surface area (Å²) in [6, 6.07) is 10.1. The maximum Gasteiger partial charge on any atom is 0.430 e. The monoisotopic (exact) mass is 988 g/mol. The standard InChI is InChI=1S/C42H62N6O8S3.C2HF3O2/c1-8-46-35-20-18-30(58-56-55-51)27-32(35)41(2,3)37(46)15-12-16-38-42(4,5)33-28-31(59(52,53)54)19-21-36(33)47(38)24-11-9-10-17-39(49)44-22-13-25-48(6,7)26-14-23-45-40(50)34(43)29-57;3-2(4,5)1(6)7/h12,15-16,18-21,27-28,34H,8-11,13-14,17,22-26,29,43H2,1-7H3,(H3-2,44,45,49,50,51,52,53,54,57);(H,6,7). The van der Waals surface area contributed by atoms with E-state index < -0.39 is 33.7 Å². The minimum atomic E-state index is -5.19. The molecule has 2 heterocycles. The van der Waals surface area contributed by atoms with Crippen LogP contribution in [0.15, 0.2) is 70.1 Å². The minimum Gasteiger partial charge on any atom is -0.691 e. The molecule has 0 fully saturated rings. The number of carbonyl (C=O) groups excluding carboxylic acids is 3. The normalized spacial score (nSPS) is 16.5. The van der Waals surface area contributed by atoms with Crippen molar-refractivity contribution < 1.29 is 69.3 Å². The van der Waals surface area contributed by atoms with Crippen LogP contribution in [0.4, 0.5) is 24.5 Å². The minimum absolute atomic E-state index is 0.0325. The van der Waals surface area contributed by atoms with Gasteiger partial charge in [-0.15, -0.1) is 0 Å². The smallest absolute Gasteiger partial charge is 0.430 e. The SMILES string of the molecule is CCN1C(=CC=CC2=[N+](CCCCCC(=O)NCCC[N+](C)(C)CCCNC(=O)C(N)CS)c3ccc(S(=O)(=O)O)cc3C2(C)C)C(C)(C)c2cc(SOO[O-])ccc21.O=C([O-])C(F)(F)F. The number of hydrogen-bond donors (Lipinski definition) is 5. The van der Waals surface area contributed by atoms with Crippen molar-refractivity contribution in [1.29, 1.82) is 0 Å². The number of likely N-dealkylation sites (N-methyl/N-ethyl adjacent to an activating group) is 1. The van der Waals surface area contributed by atoms with Crippen LogP contribution in [-0.4, -0.2) is 117 Å². The van der Waals surface area contributed by atoms with Crippen LogP contribution < -0.4 is 31.6 Å². The average molecular weight is 989 g/mol. The van der Waals surface area contributed by atoms with Crippen molar-refractivity contribution in [2.24, 2.45) is 5.73 Å². The first-order chi connectivity index (χ1) is 30.7. The highest BCUT2D eigenvalue weighted by molar-refractivity contribution is 7.94. The third-order valence-electron chi connectivity index (χ3n) is 11.6. The number of allylic oxidation sites excluding steroid dienone is 4. The van der Waals surface area contributed by atoms with E-state index in [0.717, 1.165) is 107 Å². The number of nitrogens with two attached hydrogens (primary N) is 1. The molecule has 2 aliphatic heterocycles. The average Bonchev–Trinajstić information content (AvgIpc) is 3.59. The van der Waals surface area contributed by atoms with Crippen LogP contribution in [0.25, 0.3) is 0 Å². The number of carboxylic acids is 1. The number of anilines is 1. The van der Waals surface area contributed by atoms with Gasteiger partial charge in [-0.05, 0) is 75.6 Å². The first-order valence-electron chi connectivity index (χ1n) is 21.4. The van der Waals surface area contributed by atoms with Gasteiger partial charge in [-0.3, -0.25) is 19.2 Å². The van der Waals surface area contributed by atoms with Gasteiger partial charge in [0, 0.05) is 90.5 Å². The number of aliphatic carboxylic acids is 1. The van der Waals surface area contributed by atoms with Crippen molar-refractivity contribution in [3.63, 3.8) is 0 Å². The predicted octanol–water partition coefficient (Wildman–Crippen LogP) is 4.00. The Balaban J connectivity index is 0.00000152. The number of carboxylic acid groups (broad SMARTS) is 1. The fourth-order valence-corrected chi connectivity index (χ4v) is 9.06. The molecule has 368 valence electrons. The van der Waals surface area contributed by atoms with Gasteiger partial charge in [0.15, 0.2) is 5.71 Å². The summed E-state index contributed by atoms with van der Waals surface area (Å²) >= 11 is 4.93. The number of rotatable bonds is 23. The van der Waals surface area contributed by atoms with Crippen molar-refractivity contribution in [3.8, 4) is 0 Å². The summed E-state index contributed by atoms with van der Waals surface area (Å²) < 4.78 is 73.3. The zero-order chi connectivity index (χ0) is 49.7. The number of quaternary nitrogens is 1. The molecule has 2 aromatic carbocycles. The Kier molecular flexibility index (Phi) is 20.8. The number of thiol groups is 1. The quantitative estimate of drug-likeness (QED) is 0.0155. The van der Waals surface area contributed by atoms with Crippen molar-refractivity contribution in [1.82, 2.24) is 10.6 Å². The van der Waals surface area contributed by atoms with Gasteiger partial charge in [-0.1, -0.05) is 19.9 Å². The first-order valence-corrected chi connectivity index (χ1v) is 24.3. The molecule has 5 N–H and O–H groups in total. The number of fused-ring (bicyclic) bond motifs is 2. The Morgan fingerprint density at radius 1 is 1.00 bits per heavy atom. The number of nitrogens with zero attached hydrogens (tertiary/aromatic N) is 3. The Labute approximate surface area is 395 Å². The highest BCUT2D eigenvalue weighted by atomic mass is 32.2. The third-order valence-corrected chi connectivity index (χ3v) is 13.4. The molecule has 2 amide bonds. The topological polar surface area (TPSA) is 226 Å². The maximum atomic E-state index is 12.7. The van der Waals surface area contributed by atoms with E-state index in [-0.39, 0.29) is 22.1 Å². The van der Waals surface area contributed by atoms with Gasteiger partial charge in [0.05, 0.1) is 55.6 Å². The third kappa shape index (κ3) is 15.5. The number of carbonyl (C=O) groups is 3. The lowest BCUT2D eigenvalue weighted by molar-refractivity contribution is -0.890. The van der Waals surface area contributed by atoms with Crippen molar-refractivity contribution >= 4 is 69.7 Å². The fourth-order valence-electron chi connectivity index (χ4n) is 7.99. The van der Waals surface area contributed by atoms with Crippen molar-refractivity contribution in [2.45, 2.75) is 106 Å². The van der Waals surface area contributed by atoms with Crippen LogP contribution in [-0.2, 0) is 44.7 Å². The molecule has 2 aromatic rings. The molecule has 1 atom stereocenters. The summed E-state index contributed by atoms with van der Waals surface area (Å²) in [5.41, 5.74) is 10.7. The second-order valence-corrected chi connectivity index (χ2v) is 20.2. The lowest BCUT2D eigenvalue weighted by Gasteiger charge is -2.30. The van der Waals surface area contributed by atoms with E-state index in [4.69, 9.17) is 15.6 Å². The Hall–Kier alpha value is -4.00. The molecule has 16 nitrogen and oxygen atoms in total. The molecule has 1 unspecified atom stereocenters. The van der Waals surface area contributed by atoms with Crippen LogP contribution in [0.3, 0.4) is 0 Å². The van der Waals surface area contributed by atoms with E-state index in [9.17, 15) is 41.0 Å². The second kappa shape index (κ2) is 24.3. The Morgan fingerprint density at radius 2 is 1.64 bits per heavy atom. The molecule has 0 spiro atoms. The summed E-state index contributed by atoms with van der Waals surface area (Å²) in [5, 5.41) is 28.7. The highest BCUT2D eigenvalue weighted by Crippen LogP contribution is 2.49. The maximum absolute atomic E-state index is 12.7. The van der Waals surface area contributed by atoms with Gasteiger partial charge in [-0.25, -0.2) is 0 Å². The lowest BCUT2D eigenvalue weighted by Crippen LogP contribution is -2.45. The van der Waals surface area contributed by atoms with E-state index in [1.807, 2.05) is 24.3 Å². The van der Waals surface area contributed by atoms with Crippen LogP contribution in [0.2, 0.25) is 0 Å². The zero-order valence-electron chi connectivity index (χ0n) is 38.4. The summed E-state index contributed by atoms with van der Waals surface area (Å²) in [6.07, 6.45) is 5.52. The number of hydrogen-bond acceptors (Lipinski definition) is 13. The molecule has 0 saturated heterocycles. The van der Waals surface area contributed by atoms with Crippen molar-refractivity contribution in [2.75, 3.05) is 64.0 Å². The largest absolute Gasteiger partial charge is 0.691 e. The van der Waals surface area contributed by atoms with E-state index in [0.29, 0.717) is 31.8 Å². The van der Waals surface area contributed by atoms with E-state index in [1.165, 1.54) is 6.07 Å². The molecular weight excluding hydrogens is 926 g/mol. The van der Waals surface area contributed by atoms with Gasteiger partial charge < -0.3 is 40.9 Å². The molecule has 0 bridgehead atoms. The van der Waals surface area contributed by atoms with E-state index in [1.54, 1.807) is 12.1 Å². The highest BCUT2D eigenvalue weighted by Gasteiger charge is 2.45. The zero-order valence-corrected chi connectivity index (χ0v) is 40.9. The number of alkyl halides is 3. The molecule has 22 heteroatoms. The molecule has 2 aliphatic rings. The van der Waals surface area contributed by atoms with Gasteiger partial charge in [0.1, 0.15) is 12.5 Å². The van der Waals surface area contributed by atoms with Gasteiger partial charge in [0.2, 0.25) is 17.5 Å². The number of halogens is 3. The Bertz CT molecular complexity index is 2230. The molecule has 0 aromatic heterocycles. The number of amides is 2. The number of benzene rings is 2. The lowest BCUT2D eigenvalue weighted by atomic mass is 9.81. The molecule has 0 saturated carbocycles. The van der Waals surface area contributed by atoms with Crippen LogP contribution in [0.1, 0.15) is 84.3 Å². The number of nitrogens with one attached hydrogen (secondary N) is 2. The van der Waals surface area contributed by atoms with Crippen LogP contribution in [0.5, 0.6) is 0 Å². The first kappa shape index (κ1) is 56.3. The van der Waals surface area contributed by atoms with Crippen LogP contribution in [0, 0.1) is 0 Å². The molecule has 4 rings (SSSR count). The number of unbranched alkanes of at least 4 members (excludes halogenated alkanes) is 2. The van der Waals surface area contributed by atoms with Gasteiger partial charge in [-0.2, -0.15) is 43.1 Å². The molecule has 0 aliphatic carbocycles. The Morgan fingerprint density at radius 3 is 2.21 bits per heavy atom. The fraction of sp³-hybridized carbons (Fsp3) is 0.545. The molecular formula is C44H63F3N6O10S3.